The predicted octanol–water partition coefficient (Wildman–Crippen LogP) is 0.991. The molecule has 2 heterocycles. The van der Waals surface area contributed by atoms with Crippen molar-refractivity contribution >= 4 is 11.5 Å². The van der Waals surface area contributed by atoms with E-state index in [0.717, 1.165) is 24.0 Å². The molecule has 76 valence electrons. The van der Waals surface area contributed by atoms with Crippen LogP contribution in [0.3, 0.4) is 0 Å². The van der Waals surface area contributed by atoms with Crippen molar-refractivity contribution in [2.24, 2.45) is 13.0 Å². The molecule has 1 aromatic rings. The van der Waals surface area contributed by atoms with Gasteiger partial charge in [-0.3, -0.25) is 4.68 Å². The van der Waals surface area contributed by atoms with Gasteiger partial charge in [0.15, 0.2) is 5.82 Å². The van der Waals surface area contributed by atoms with Crippen LogP contribution >= 0.6 is 0 Å². The van der Waals surface area contributed by atoms with E-state index < -0.39 is 0 Å². The Bertz CT molecular complexity index is 357. The van der Waals surface area contributed by atoms with E-state index in [2.05, 4.69) is 10.00 Å². The highest BCUT2D eigenvalue weighted by Crippen LogP contribution is 2.40. The Morgan fingerprint density at radius 3 is 2.86 bits per heavy atom. The number of hydrogen-bond donors (Lipinski definition) is 1. The number of rotatable bonds is 1. The summed E-state index contributed by atoms with van der Waals surface area (Å²) < 4.78 is 1.80. The highest BCUT2D eigenvalue weighted by atomic mass is 15.4. The van der Waals surface area contributed by atoms with Crippen LogP contribution in [0.4, 0.5) is 11.5 Å². The van der Waals surface area contributed by atoms with E-state index in [1.807, 2.05) is 13.2 Å². The van der Waals surface area contributed by atoms with E-state index >= 15 is 0 Å². The second-order valence-electron chi connectivity index (χ2n) is 4.57. The number of aromatic nitrogens is 2. The van der Waals surface area contributed by atoms with Crippen LogP contribution in [0.1, 0.15) is 19.3 Å². The van der Waals surface area contributed by atoms with Crippen molar-refractivity contribution in [2.75, 3.05) is 17.2 Å². The molecular formula is C10H16N4. The van der Waals surface area contributed by atoms with Crippen molar-refractivity contribution in [2.45, 2.75) is 25.3 Å². The maximum Gasteiger partial charge on any atom is 0.174 e. The lowest BCUT2D eigenvalue weighted by Gasteiger charge is -2.27. The van der Waals surface area contributed by atoms with Gasteiger partial charge < -0.3 is 10.6 Å². The molecule has 0 spiro atoms. The average molecular weight is 192 g/mol. The smallest absolute Gasteiger partial charge is 0.174 e. The standard InChI is InChI=1S/C10H16N4/c1-13-6-9(11)10(12-13)14-5-7-2-3-8(14)4-7/h6-8H,2-5,11H2,1H3. The summed E-state index contributed by atoms with van der Waals surface area (Å²) in [6, 6.07) is 0.706. The summed E-state index contributed by atoms with van der Waals surface area (Å²) in [7, 11) is 1.92. The Labute approximate surface area is 83.7 Å². The number of nitrogens with two attached hydrogens (primary N) is 1. The molecule has 0 radical (unpaired) electrons. The molecule has 4 heteroatoms. The first-order valence-corrected chi connectivity index (χ1v) is 5.30. The molecule has 2 atom stereocenters. The first-order valence-electron chi connectivity index (χ1n) is 5.30. The fourth-order valence-electron chi connectivity index (χ4n) is 2.90. The quantitative estimate of drug-likeness (QED) is 0.722. The van der Waals surface area contributed by atoms with Crippen LogP contribution in [0.25, 0.3) is 0 Å². The summed E-state index contributed by atoms with van der Waals surface area (Å²) in [5.74, 6) is 1.89. The van der Waals surface area contributed by atoms with Crippen molar-refractivity contribution in [3.8, 4) is 0 Å². The van der Waals surface area contributed by atoms with Gasteiger partial charge in [-0.05, 0) is 25.2 Å². The molecule has 2 aliphatic rings. The number of nitrogen functional groups attached to an aromatic ring is 1. The fourth-order valence-corrected chi connectivity index (χ4v) is 2.90. The van der Waals surface area contributed by atoms with Crippen LogP contribution in [-0.4, -0.2) is 22.4 Å². The van der Waals surface area contributed by atoms with Crippen LogP contribution in [0.5, 0.6) is 0 Å². The molecule has 2 fully saturated rings. The van der Waals surface area contributed by atoms with E-state index in [1.165, 1.54) is 19.3 Å². The number of nitrogens with zero attached hydrogens (tertiary/aromatic N) is 3. The molecule has 14 heavy (non-hydrogen) atoms. The minimum atomic E-state index is 0.706. The van der Waals surface area contributed by atoms with E-state index in [4.69, 9.17) is 5.73 Å². The van der Waals surface area contributed by atoms with E-state index in [9.17, 15) is 0 Å². The Hall–Kier alpha value is -1.19. The van der Waals surface area contributed by atoms with Crippen molar-refractivity contribution in [3.63, 3.8) is 0 Å². The molecular weight excluding hydrogens is 176 g/mol. The van der Waals surface area contributed by atoms with E-state index in [-0.39, 0.29) is 0 Å². The molecule has 2 bridgehead atoms. The van der Waals surface area contributed by atoms with Gasteiger partial charge >= 0.3 is 0 Å². The molecule has 1 aliphatic carbocycles. The minimum absolute atomic E-state index is 0.706. The normalized spacial score (nSPS) is 30.2. The van der Waals surface area contributed by atoms with Crippen LogP contribution in [0.2, 0.25) is 0 Å². The summed E-state index contributed by atoms with van der Waals surface area (Å²) in [4.78, 5) is 2.39. The zero-order valence-corrected chi connectivity index (χ0v) is 8.48. The molecule has 0 amide bonds. The molecule has 1 saturated heterocycles. The van der Waals surface area contributed by atoms with Gasteiger partial charge in [0.2, 0.25) is 0 Å². The number of hydrogen-bond acceptors (Lipinski definition) is 3. The minimum Gasteiger partial charge on any atom is -0.394 e. The lowest BCUT2D eigenvalue weighted by molar-refractivity contribution is 0.548. The van der Waals surface area contributed by atoms with Gasteiger partial charge in [0, 0.05) is 25.8 Å². The highest BCUT2D eigenvalue weighted by molar-refractivity contribution is 5.63. The van der Waals surface area contributed by atoms with Crippen LogP contribution in [-0.2, 0) is 7.05 Å². The Balaban J connectivity index is 1.92. The second-order valence-corrected chi connectivity index (χ2v) is 4.57. The highest BCUT2D eigenvalue weighted by Gasteiger charge is 2.39. The second kappa shape index (κ2) is 2.65. The van der Waals surface area contributed by atoms with Gasteiger partial charge in [-0.1, -0.05) is 0 Å². The van der Waals surface area contributed by atoms with Crippen molar-refractivity contribution < 1.29 is 0 Å². The molecule has 3 rings (SSSR count). The Morgan fingerprint density at radius 2 is 2.36 bits per heavy atom. The first-order chi connectivity index (χ1) is 6.74. The number of anilines is 2. The number of aryl methyl sites for hydroxylation is 1. The van der Waals surface area contributed by atoms with Crippen LogP contribution in [0, 0.1) is 5.92 Å². The van der Waals surface area contributed by atoms with Gasteiger partial charge in [-0.15, -0.1) is 0 Å². The topological polar surface area (TPSA) is 47.1 Å². The monoisotopic (exact) mass is 192 g/mol. The third-order valence-corrected chi connectivity index (χ3v) is 3.52. The molecule has 4 nitrogen and oxygen atoms in total. The zero-order valence-electron chi connectivity index (χ0n) is 8.48. The third kappa shape index (κ3) is 1.03. The summed E-state index contributed by atoms with van der Waals surface area (Å²) in [5.41, 5.74) is 6.75. The number of fused-ring (bicyclic) bond motifs is 2. The summed E-state index contributed by atoms with van der Waals surface area (Å²) in [5, 5.41) is 4.43. The SMILES string of the molecule is Cn1cc(N)c(N2CC3CCC2C3)n1. The summed E-state index contributed by atoms with van der Waals surface area (Å²) in [6.45, 7) is 1.16. The largest absolute Gasteiger partial charge is 0.394 e. The van der Waals surface area contributed by atoms with Gasteiger partial charge in [0.05, 0.1) is 5.69 Å². The lowest BCUT2D eigenvalue weighted by Crippen LogP contribution is -2.32. The van der Waals surface area contributed by atoms with Crippen molar-refractivity contribution in [3.05, 3.63) is 6.20 Å². The molecule has 1 saturated carbocycles. The maximum absolute atomic E-state index is 5.93. The van der Waals surface area contributed by atoms with E-state index in [1.54, 1.807) is 4.68 Å². The number of piperidine rings is 1. The molecule has 2 unspecified atom stereocenters. The van der Waals surface area contributed by atoms with E-state index in [0.29, 0.717) is 6.04 Å². The van der Waals surface area contributed by atoms with Gasteiger partial charge in [-0.2, -0.15) is 5.10 Å². The van der Waals surface area contributed by atoms with Gasteiger partial charge in [-0.25, -0.2) is 0 Å². The maximum atomic E-state index is 5.93. The first kappa shape index (κ1) is 8.15. The molecule has 2 N–H and O–H groups in total. The average Bonchev–Trinajstić information content (AvgIpc) is 2.79. The summed E-state index contributed by atoms with van der Waals surface area (Å²) >= 11 is 0. The Kier molecular flexibility index (Phi) is 1.54. The summed E-state index contributed by atoms with van der Waals surface area (Å²) in [6.07, 6.45) is 5.95. The van der Waals surface area contributed by atoms with Crippen LogP contribution < -0.4 is 10.6 Å². The van der Waals surface area contributed by atoms with Crippen molar-refractivity contribution in [1.82, 2.24) is 9.78 Å². The van der Waals surface area contributed by atoms with Gasteiger partial charge in [0.1, 0.15) is 0 Å². The van der Waals surface area contributed by atoms with Crippen molar-refractivity contribution in [1.29, 1.82) is 0 Å². The molecule has 0 aromatic carbocycles. The zero-order chi connectivity index (χ0) is 9.71. The van der Waals surface area contributed by atoms with Gasteiger partial charge in [0.25, 0.3) is 0 Å². The van der Waals surface area contributed by atoms with Crippen LogP contribution in [0.15, 0.2) is 6.20 Å². The lowest BCUT2D eigenvalue weighted by atomic mass is 10.1. The fraction of sp³-hybridized carbons (Fsp3) is 0.700. The molecule has 1 aliphatic heterocycles. The molecule has 1 aromatic heterocycles. The third-order valence-electron chi connectivity index (χ3n) is 3.52. The predicted molar refractivity (Wildman–Crippen MR) is 56.1 cm³/mol. The Morgan fingerprint density at radius 1 is 1.50 bits per heavy atom.